The molecule has 0 saturated carbocycles. The molecule has 0 fully saturated rings. The van der Waals surface area contributed by atoms with Gasteiger partial charge in [0, 0.05) is 16.1 Å². The molecule has 4 heteroatoms. The van der Waals surface area contributed by atoms with Crippen molar-refractivity contribution in [2.75, 3.05) is 0 Å². The van der Waals surface area contributed by atoms with Crippen molar-refractivity contribution in [1.29, 1.82) is 0 Å². The van der Waals surface area contributed by atoms with Gasteiger partial charge in [0.25, 0.3) is 0 Å². The molecule has 0 unspecified atom stereocenters. The molecule has 0 radical (unpaired) electrons. The van der Waals surface area contributed by atoms with E-state index in [1.807, 2.05) is 20.8 Å². The van der Waals surface area contributed by atoms with Gasteiger partial charge in [-0.1, -0.05) is 20.8 Å². The van der Waals surface area contributed by atoms with Gasteiger partial charge in [0.2, 0.25) is 0 Å². The third-order valence-electron chi connectivity index (χ3n) is 1.80. The highest BCUT2D eigenvalue weighted by molar-refractivity contribution is 9.10. The van der Waals surface area contributed by atoms with E-state index in [0.29, 0.717) is 10.2 Å². The van der Waals surface area contributed by atoms with Crippen LogP contribution in [0.3, 0.4) is 0 Å². The molecule has 14 heavy (non-hydrogen) atoms. The third-order valence-corrected chi connectivity index (χ3v) is 2.23. The van der Waals surface area contributed by atoms with E-state index >= 15 is 0 Å². The van der Waals surface area contributed by atoms with Gasteiger partial charge in [-0.3, -0.25) is 4.98 Å². The fourth-order valence-electron chi connectivity index (χ4n) is 1.20. The average Bonchev–Trinajstić information content (AvgIpc) is 2.01. The molecule has 0 amide bonds. The van der Waals surface area contributed by atoms with Crippen molar-refractivity contribution in [2.24, 2.45) is 0 Å². The summed E-state index contributed by atoms with van der Waals surface area (Å²) in [6.45, 7) is 5.82. The summed E-state index contributed by atoms with van der Waals surface area (Å²) < 4.78 is 0.683. The summed E-state index contributed by atoms with van der Waals surface area (Å²) in [7, 11) is 0. The van der Waals surface area contributed by atoms with E-state index in [4.69, 9.17) is 5.11 Å². The average molecular weight is 258 g/mol. The number of halogens is 1. The lowest BCUT2D eigenvalue weighted by Gasteiger charge is -2.19. The van der Waals surface area contributed by atoms with Crippen LogP contribution in [-0.2, 0) is 5.41 Å². The number of aromatic carboxylic acids is 1. The first kappa shape index (κ1) is 11.2. The van der Waals surface area contributed by atoms with Gasteiger partial charge in [-0.15, -0.1) is 0 Å². The van der Waals surface area contributed by atoms with Crippen molar-refractivity contribution >= 4 is 21.9 Å². The number of hydrogen-bond acceptors (Lipinski definition) is 2. The second-order valence-corrected chi connectivity index (χ2v) is 5.02. The largest absolute Gasteiger partial charge is 0.478 e. The van der Waals surface area contributed by atoms with Crippen LogP contribution in [0.15, 0.2) is 16.7 Å². The van der Waals surface area contributed by atoms with Crippen LogP contribution in [0.4, 0.5) is 0 Å². The van der Waals surface area contributed by atoms with Gasteiger partial charge in [0.1, 0.15) is 0 Å². The van der Waals surface area contributed by atoms with E-state index in [1.165, 1.54) is 0 Å². The van der Waals surface area contributed by atoms with Crippen molar-refractivity contribution in [3.8, 4) is 0 Å². The number of carbonyl (C=O) groups is 1. The van der Waals surface area contributed by atoms with Crippen LogP contribution in [0.5, 0.6) is 0 Å². The van der Waals surface area contributed by atoms with Gasteiger partial charge in [0.05, 0.1) is 11.3 Å². The van der Waals surface area contributed by atoms with Crippen molar-refractivity contribution in [1.82, 2.24) is 4.98 Å². The second kappa shape index (κ2) is 3.69. The molecule has 1 N–H and O–H groups in total. The zero-order valence-corrected chi connectivity index (χ0v) is 9.92. The minimum absolute atomic E-state index is 0.256. The van der Waals surface area contributed by atoms with Gasteiger partial charge < -0.3 is 5.11 Å². The predicted molar refractivity (Wildman–Crippen MR) is 57.6 cm³/mol. The lowest BCUT2D eigenvalue weighted by atomic mass is 9.88. The zero-order chi connectivity index (χ0) is 10.9. The third kappa shape index (κ3) is 2.32. The maximum absolute atomic E-state index is 11.0. The number of pyridine rings is 1. The molecule has 0 bridgehead atoms. The predicted octanol–water partition coefficient (Wildman–Crippen LogP) is 2.84. The molecule has 0 aromatic carbocycles. The summed E-state index contributed by atoms with van der Waals surface area (Å²) in [4.78, 5) is 15.1. The number of carboxylic acid groups (broad SMARTS) is 1. The summed E-state index contributed by atoms with van der Waals surface area (Å²) in [6, 6.07) is 1.58. The smallest absolute Gasteiger partial charge is 0.337 e. The van der Waals surface area contributed by atoms with E-state index in [1.54, 1.807) is 12.3 Å². The zero-order valence-electron chi connectivity index (χ0n) is 8.34. The molecule has 1 aromatic heterocycles. The molecule has 76 valence electrons. The van der Waals surface area contributed by atoms with Crippen LogP contribution in [0.2, 0.25) is 0 Å². The van der Waals surface area contributed by atoms with Gasteiger partial charge in [-0.25, -0.2) is 4.79 Å². The van der Waals surface area contributed by atoms with Crippen molar-refractivity contribution < 1.29 is 9.90 Å². The Morgan fingerprint density at radius 1 is 1.50 bits per heavy atom. The summed E-state index contributed by atoms with van der Waals surface area (Å²) in [5, 5.41) is 8.99. The Labute approximate surface area is 91.3 Å². The molecule has 0 aliphatic rings. The summed E-state index contributed by atoms with van der Waals surface area (Å²) >= 11 is 3.21. The highest BCUT2D eigenvalue weighted by Crippen LogP contribution is 2.25. The SMILES string of the molecule is CC(C)(C)c1ncc(Br)cc1C(=O)O. The number of rotatable bonds is 1. The number of aromatic nitrogens is 1. The van der Waals surface area contributed by atoms with Crippen LogP contribution in [0.25, 0.3) is 0 Å². The molecule has 0 atom stereocenters. The second-order valence-electron chi connectivity index (χ2n) is 4.10. The standard InChI is InChI=1S/C10H12BrNO2/c1-10(2,3)8-7(9(13)14)4-6(11)5-12-8/h4-5H,1-3H3,(H,13,14). The van der Waals surface area contributed by atoms with Crippen LogP contribution >= 0.6 is 15.9 Å². The Morgan fingerprint density at radius 2 is 2.07 bits per heavy atom. The Kier molecular flexibility index (Phi) is 2.95. The maximum Gasteiger partial charge on any atom is 0.337 e. The van der Waals surface area contributed by atoms with Gasteiger partial charge in [-0.05, 0) is 22.0 Å². The van der Waals surface area contributed by atoms with E-state index in [0.717, 1.165) is 0 Å². The lowest BCUT2D eigenvalue weighted by molar-refractivity contribution is 0.0693. The minimum Gasteiger partial charge on any atom is -0.478 e. The molecule has 1 heterocycles. The van der Waals surface area contributed by atoms with Gasteiger partial charge >= 0.3 is 5.97 Å². The minimum atomic E-state index is -0.941. The van der Waals surface area contributed by atoms with E-state index in [9.17, 15) is 4.79 Å². The van der Waals surface area contributed by atoms with Crippen LogP contribution in [0.1, 0.15) is 36.8 Å². The highest BCUT2D eigenvalue weighted by atomic mass is 79.9. The Morgan fingerprint density at radius 3 is 2.50 bits per heavy atom. The molecular formula is C10H12BrNO2. The first-order valence-electron chi connectivity index (χ1n) is 4.21. The Balaban J connectivity index is 3.37. The van der Waals surface area contributed by atoms with Gasteiger partial charge in [-0.2, -0.15) is 0 Å². The summed E-state index contributed by atoms with van der Waals surface area (Å²) in [6.07, 6.45) is 1.62. The number of nitrogens with zero attached hydrogens (tertiary/aromatic N) is 1. The first-order chi connectivity index (χ1) is 6.32. The molecule has 0 aliphatic carbocycles. The fourth-order valence-corrected chi connectivity index (χ4v) is 1.53. The van der Waals surface area contributed by atoms with Crippen molar-refractivity contribution in [2.45, 2.75) is 26.2 Å². The molecule has 1 aromatic rings. The maximum atomic E-state index is 11.0. The Bertz CT molecular complexity index is 369. The molecule has 0 spiro atoms. The lowest BCUT2D eigenvalue weighted by Crippen LogP contribution is -2.18. The van der Waals surface area contributed by atoms with E-state index < -0.39 is 5.97 Å². The van der Waals surface area contributed by atoms with Crippen LogP contribution in [0, 0.1) is 0 Å². The topological polar surface area (TPSA) is 50.2 Å². The molecule has 0 aliphatic heterocycles. The van der Waals surface area contributed by atoms with Crippen LogP contribution < -0.4 is 0 Å². The number of carboxylic acids is 1. The van der Waals surface area contributed by atoms with Crippen LogP contribution in [-0.4, -0.2) is 16.1 Å². The van der Waals surface area contributed by atoms with E-state index in [-0.39, 0.29) is 11.0 Å². The Hall–Kier alpha value is -0.900. The molecular weight excluding hydrogens is 246 g/mol. The summed E-state index contributed by atoms with van der Waals surface area (Å²) in [5.74, 6) is -0.941. The highest BCUT2D eigenvalue weighted by Gasteiger charge is 2.23. The molecule has 0 saturated heterocycles. The quantitative estimate of drug-likeness (QED) is 0.842. The normalized spacial score (nSPS) is 11.4. The first-order valence-corrected chi connectivity index (χ1v) is 5.01. The van der Waals surface area contributed by atoms with Gasteiger partial charge in [0.15, 0.2) is 0 Å². The number of hydrogen-bond donors (Lipinski definition) is 1. The van der Waals surface area contributed by atoms with E-state index in [2.05, 4.69) is 20.9 Å². The van der Waals surface area contributed by atoms with Crippen molar-refractivity contribution in [3.05, 3.63) is 28.0 Å². The fraction of sp³-hybridized carbons (Fsp3) is 0.400. The molecule has 1 rings (SSSR count). The molecule has 3 nitrogen and oxygen atoms in total. The van der Waals surface area contributed by atoms with Crippen molar-refractivity contribution in [3.63, 3.8) is 0 Å². The monoisotopic (exact) mass is 257 g/mol. The summed E-state index contributed by atoms with van der Waals surface area (Å²) in [5.41, 5.74) is 0.606.